The Morgan fingerprint density at radius 3 is 2.40 bits per heavy atom. The summed E-state index contributed by atoms with van der Waals surface area (Å²) in [5, 5.41) is 11.8. The molecular weight excluding hydrogens is 248 g/mol. The molecule has 0 fully saturated rings. The van der Waals surface area contributed by atoms with Gasteiger partial charge in [-0.1, -0.05) is 42.5 Å². The summed E-state index contributed by atoms with van der Waals surface area (Å²) in [4.78, 5) is 4.27. The first kappa shape index (κ1) is 13.6. The fourth-order valence-corrected chi connectivity index (χ4v) is 1.71. The molecule has 0 atom stereocenters. The second-order valence-electron chi connectivity index (χ2n) is 4.35. The van der Waals surface area contributed by atoms with Gasteiger partial charge in [-0.05, 0) is 23.3 Å². The molecule has 2 aromatic carbocycles. The van der Waals surface area contributed by atoms with Crippen LogP contribution in [0.15, 0.2) is 59.6 Å². The zero-order valence-electron chi connectivity index (χ0n) is 11.1. The summed E-state index contributed by atoms with van der Waals surface area (Å²) in [7, 11) is 0. The Hall–Kier alpha value is -2.80. The SMILES string of the molecule is N#Cc1ccc(CNC(N)=NCc2ccccc2)cc1. The Morgan fingerprint density at radius 2 is 1.75 bits per heavy atom. The van der Waals surface area contributed by atoms with E-state index in [0.29, 0.717) is 24.6 Å². The fourth-order valence-electron chi connectivity index (χ4n) is 1.71. The average Bonchev–Trinajstić information content (AvgIpc) is 2.52. The Labute approximate surface area is 118 Å². The van der Waals surface area contributed by atoms with E-state index in [9.17, 15) is 0 Å². The van der Waals surface area contributed by atoms with Crippen molar-refractivity contribution in [3.63, 3.8) is 0 Å². The number of nitrogens with two attached hydrogens (primary N) is 1. The highest BCUT2D eigenvalue weighted by Crippen LogP contribution is 2.03. The van der Waals surface area contributed by atoms with Crippen molar-refractivity contribution < 1.29 is 0 Å². The van der Waals surface area contributed by atoms with Crippen molar-refractivity contribution >= 4 is 5.96 Å². The largest absolute Gasteiger partial charge is 0.370 e. The third-order valence-corrected chi connectivity index (χ3v) is 2.83. The molecule has 0 aliphatic rings. The molecule has 100 valence electrons. The Balaban J connectivity index is 1.85. The minimum absolute atomic E-state index is 0.415. The highest BCUT2D eigenvalue weighted by Gasteiger charge is 1.96. The maximum atomic E-state index is 8.72. The normalized spacial score (nSPS) is 10.8. The van der Waals surface area contributed by atoms with Crippen molar-refractivity contribution in [1.82, 2.24) is 5.32 Å². The molecular formula is C16H16N4. The second-order valence-corrected chi connectivity index (χ2v) is 4.35. The lowest BCUT2D eigenvalue weighted by Crippen LogP contribution is -2.31. The number of guanidine groups is 1. The molecule has 2 rings (SSSR count). The first-order chi connectivity index (χ1) is 9.78. The molecule has 0 saturated heterocycles. The lowest BCUT2D eigenvalue weighted by atomic mass is 10.1. The molecule has 0 radical (unpaired) electrons. The van der Waals surface area contributed by atoms with E-state index in [1.807, 2.05) is 42.5 Å². The molecule has 0 saturated carbocycles. The molecule has 0 unspecified atom stereocenters. The van der Waals surface area contributed by atoms with Gasteiger partial charge in [0.2, 0.25) is 0 Å². The molecule has 0 bridgehead atoms. The van der Waals surface area contributed by atoms with Gasteiger partial charge in [-0.2, -0.15) is 5.26 Å². The third kappa shape index (κ3) is 4.14. The number of nitriles is 1. The van der Waals surface area contributed by atoms with E-state index in [1.54, 1.807) is 12.1 Å². The highest BCUT2D eigenvalue weighted by atomic mass is 15.1. The van der Waals surface area contributed by atoms with E-state index in [1.165, 1.54) is 0 Å². The van der Waals surface area contributed by atoms with Gasteiger partial charge in [0.15, 0.2) is 5.96 Å². The minimum Gasteiger partial charge on any atom is -0.370 e. The Bertz CT molecular complexity index is 609. The molecule has 4 nitrogen and oxygen atoms in total. The van der Waals surface area contributed by atoms with E-state index in [4.69, 9.17) is 11.0 Å². The van der Waals surface area contributed by atoms with Gasteiger partial charge in [-0.3, -0.25) is 0 Å². The number of nitrogens with zero attached hydrogens (tertiary/aromatic N) is 2. The zero-order valence-corrected chi connectivity index (χ0v) is 11.1. The predicted molar refractivity (Wildman–Crippen MR) is 79.8 cm³/mol. The van der Waals surface area contributed by atoms with E-state index in [0.717, 1.165) is 11.1 Å². The monoisotopic (exact) mass is 264 g/mol. The van der Waals surface area contributed by atoms with Crippen molar-refractivity contribution in [2.75, 3.05) is 0 Å². The topological polar surface area (TPSA) is 74.2 Å². The number of nitrogens with one attached hydrogen (secondary N) is 1. The van der Waals surface area contributed by atoms with Gasteiger partial charge in [0, 0.05) is 6.54 Å². The summed E-state index contributed by atoms with van der Waals surface area (Å²) < 4.78 is 0. The smallest absolute Gasteiger partial charge is 0.189 e. The van der Waals surface area contributed by atoms with Crippen LogP contribution >= 0.6 is 0 Å². The minimum atomic E-state index is 0.415. The van der Waals surface area contributed by atoms with Gasteiger partial charge in [0.05, 0.1) is 18.2 Å². The molecule has 0 aliphatic carbocycles. The van der Waals surface area contributed by atoms with Crippen molar-refractivity contribution in [3.05, 3.63) is 71.3 Å². The van der Waals surface area contributed by atoms with Crippen LogP contribution in [0.4, 0.5) is 0 Å². The van der Waals surface area contributed by atoms with Crippen LogP contribution in [0.3, 0.4) is 0 Å². The van der Waals surface area contributed by atoms with Gasteiger partial charge in [-0.15, -0.1) is 0 Å². The van der Waals surface area contributed by atoms with Crippen LogP contribution in [0.1, 0.15) is 16.7 Å². The van der Waals surface area contributed by atoms with Gasteiger partial charge < -0.3 is 11.1 Å². The second kappa shape index (κ2) is 6.95. The summed E-state index contributed by atoms with van der Waals surface area (Å²) >= 11 is 0. The van der Waals surface area contributed by atoms with Gasteiger partial charge >= 0.3 is 0 Å². The highest BCUT2D eigenvalue weighted by molar-refractivity contribution is 5.77. The summed E-state index contributed by atoms with van der Waals surface area (Å²) in [6, 6.07) is 19.4. The van der Waals surface area contributed by atoms with Crippen molar-refractivity contribution in [2.45, 2.75) is 13.1 Å². The average molecular weight is 264 g/mol. The van der Waals surface area contributed by atoms with E-state index >= 15 is 0 Å². The fraction of sp³-hybridized carbons (Fsp3) is 0.125. The van der Waals surface area contributed by atoms with Crippen LogP contribution in [0, 0.1) is 11.3 Å². The van der Waals surface area contributed by atoms with Crippen LogP contribution in [0.2, 0.25) is 0 Å². The van der Waals surface area contributed by atoms with Crippen LogP contribution in [0.5, 0.6) is 0 Å². The van der Waals surface area contributed by atoms with Crippen molar-refractivity contribution in [3.8, 4) is 6.07 Å². The maximum Gasteiger partial charge on any atom is 0.189 e. The lowest BCUT2D eigenvalue weighted by Gasteiger charge is -2.06. The summed E-state index contributed by atoms with van der Waals surface area (Å²) in [6.45, 7) is 1.16. The molecule has 0 heterocycles. The molecule has 0 spiro atoms. The maximum absolute atomic E-state index is 8.72. The van der Waals surface area contributed by atoms with E-state index in [-0.39, 0.29) is 0 Å². The lowest BCUT2D eigenvalue weighted by molar-refractivity contribution is 0.884. The molecule has 0 aromatic heterocycles. The zero-order chi connectivity index (χ0) is 14.2. The number of rotatable bonds is 4. The van der Waals surface area contributed by atoms with Gasteiger partial charge in [0.25, 0.3) is 0 Å². The summed E-state index contributed by atoms with van der Waals surface area (Å²) in [6.07, 6.45) is 0. The van der Waals surface area contributed by atoms with E-state index in [2.05, 4.69) is 16.4 Å². The quantitative estimate of drug-likeness (QED) is 0.656. The van der Waals surface area contributed by atoms with Crippen LogP contribution in [-0.4, -0.2) is 5.96 Å². The molecule has 4 heteroatoms. The summed E-state index contributed by atoms with van der Waals surface area (Å²) in [5.74, 6) is 0.415. The molecule has 2 aromatic rings. The first-order valence-corrected chi connectivity index (χ1v) is 6.34. The van der Waals surface area contributed by atoms with Crippen LogP contribution in [0.25, 0.3) is 0 Å². The van der Waals surface area contributed by atoms with Crippen molar-refractivity contribution in [1.29, 1.82) is 5.26 Å². The number of benzene rings is 2. The van der Waals surface area contributed by atoms with Crippen LogP contribution < -0.4 is 11.1 Å². The third-order valence-electron chi connectivity index (χ3n) is 2.83. The standard InChI is InChI=1S/C16H16N4/c17-10-13-6-8-15(9-7-13)12-20-16(18)19-11-14-4-2-1-3-5-14/h1-9H,11-12H2,(H3,18,19,20). The Morgan fingerprint density at radius 1 is 1.05 bits per heavy atom. The molecule has 0 aliphatic heterocycles. The molecule has 3 N–H and O–H groups in total. The van der Waals surface area contributed by atoms with Gasteiger partial charge in [0.1, 0.15) is 0 Å². The summed E-state index contributed by atoms with van der Waals surface area (Å²) in [5.41, 5.74) is 8.64. The predicted octanol–water partition coefficient (Wildman–Crippen LogP) is 2.16. The number of hydrogen-bond acceptors (Lipinski definition) is 2. The number of hydrogen-bond donors (Lipinski definition) is 2. The van der Waals surface area contributed by atoms with E-state index < -0.39 is 0 Å². The van der Waals surface area contributed by atoms with Crippen molar-refractivity contribution in [2.24, 2.45) is 10.7 Å². The first-order valence-electron chi connectivity index (χ1n) is 6.34. The Kier molecular flexibility index (Phi) is 4.74. The molecule has 20 heavy (non-hydrogen) atoms. The molecule has 0 amide bonds. The number of aliphatic imine (C=N–C) groups is 1. The van der Waals surface area contributed by atoms with Crippen LogP contribution in [-0.2, 0) is 13.1 Å². The van der Waals surface area contributed by atoms with Gasteiger partial charge in [-0.25, -0.2) is 4.99 Å².